The molecule has 4 rings (SSSR count). The molecule has 0 aliphatic heterocycles. The second-order valence-corrected chi connectivity index (χ2v) is 6.79. The topological polar surface area (TPSA) is 108 Å². The van der Waals surface area contributed by atoms with Crippen molar-refractivity contribution in [3.63, 3.8) is 0 Å². The lowest BCUT2D eigenvalue weighted by atomic mass is 10.2. The van der Waals surface area contributed by atoms with Crippen LogP contribution in [0.5, 0.6) is 5.75 Å². The van der Waals surface area contributed by atoms with Gasteiger partial charge in [0, 0.05) is 0 Å². The Morgan fingerprint density at radius 1 is 1.22 bits per heavy atom. The zero-order valence-electron chi connectivity index (χ0n) is 14.1. The van der Waals surface area contributed by atoms with Gasteiger partial charge in [-0.2, -0.15) is 13.4 Å². The van der Waals surface area contributed by atoms with Crippen LogP contribution in [-0.2, 0) is 4.79 Å². The number of nitrogens with one attached hydrogen (secondary N) is 1. The van der Waals surface area contributed by atoms with Crippen LogP contribution in [0.25, 0.3) is 16.7 Å². The van der Waals surface area contributed by atoms with Crippen molar-refractivity contribution in [3.05, 3.63) is 42.5 Å². The van der Waals surface area contributed by atoms with E-state index in [2.05, 4.69) is 29.6 Å². The number of nitrogens with zero attached hydrogens (tertiary/aromatic N) is 6. The molecule has 2 aromatic heterocycles. The second-order valence-electron chi connectivity index (χ2n) is 5.32. The van der Waals surface area contributed by atoms with Crippen molar-refractivity contribution in [1.82, 2.24) is 29.0 Å². The molecule has 2 heterocycles. The van der Waals surface area contributed by atoms with Gasteiger partial charge < -0.3 is 10.1 Å². The summed E-state index contributed by atoms with van der Waals surface area (Å²) < 4.78 is 15.3. The van der Waals surface area contributed by atoms with Crippen LogP contribution in [0.15, 0.2) is 47.6 Å². The summed E-state index contributed by atoms with van der Waals surface area (Å²) in [5, 5.41) is 15.0. The number of aromatic nitrogens is 6. The zero-order chi connectivity index (χ0) is 18.6. The van der Waals surface area contributed by atoms with E-state index in [1.165, 1.54) is 11.8 Å². The van der Waals surface area contributed by atoms with E-state index in [-0.39, 0.29) is 11.7 Å². The van der Waals surface area contributed by atoms with Gasteiger partial charge in [-0.3, -0.25) is 4.79 Å². The van der Waals surface area contributed by atoms with Gasteiger partial charge in [0.05, 0.1) is 30.3 Å². The summed E-state index contributed by atoms with van der Waals surface area (Å²) in [7, 11) is 1.58. The summed E-state index contributed by atoms with van der Waals surface area (Å²) in [5.74, 6) is 0.595. The minimum absolute atomic E-state index is 0.142. The number of anilines is 1. The Kier molecular flexibility index (Phi) is 4.94. The Bertz CT molecular complexity index is 1100. The van der Waals surface area contributed by atoms with Crippen LogP contribution in [0.3, 0.4) is 0 Å². The molecule has 1 amide bonds. The van der Waals surface area contributed by atoms with Gasteiger partial charge in [-0.25, -0.2) is 0 Å². The normalized spacial score (nSPS) is 10.9. The molecule has 11 heteroatoms. The SMILES string of the molecule is COc1ccccc1-n1nnnc1SCC(=O)Nc1cccc2nsnc12. The van der Waals surface area contributed by atoms with E-state index < -0.39 is 0 Å². The fraction of sp³-hybridized carbons (Fsp3) is 0.125. The van der Waals surface area contributed by atoms with Gasteiger partial charge in [-0.15, -0.1) is 5.10 Å². The molecular formula is C16H13N7O2S2. The van der Waals surface area contributed by atoms with Crippen molar-refractivity contribution >= 4 is 46.1 Å². The number of benzene rings is 2. The predicted octanol–water partition coefficient (Wildman–Crippen LogP) is 2.41. The third-order valence-corrected chi connectivity index (χ3v) is 5.11. The van der Waals surface area contributed by atoms with Crippen molar-refractivity contribution in [2.75, 3.05) is 18.2 Å². The number of thioether (sulfide) groups is 1. The fourth-order valence-corrected chi connectivity index (χ4v) is 3.68. The van der Waals surface area contributed by atoms with Crippen LogP contribution in [0, 0.1) is 0 Å². The molecule has 4 aromatic rings. The first kappa shape index (κ1) is 17.4. The summed E-state index contributed by atoms with van der Waals surface area (Å²) in [6.45, 7) is 0. The molecule has 0 atom stereocenters. The van der Waals surface area contributed by atoms with Crippen LogP contribution < -0.4 is 10.1 Å². The second kappa shape index (κ2) is 7.68. The number of fused-ring (bicyclic) bond motifs is 1. The zero-order valence-corrected chi connectivity index (χ0v) is 15.7. The molecule has 0 saturated carbocycles. The van der Waals surface area contributed by atoms with E-state index in [0.717, 1.165) is 17.2 Å². The molecule has 0 bridgehead atoms. The number of tetrazole rings is 1. The average Bonchev–Trinajstić information content (AvgIpc) is 3.36. The highest BCUT2D eigenvalue weighted by atomic mass is 32.2. The van der Waals surface area contributed by atoms with Crippen LogP contribution >= 0.6 is 23.5 Å². The van der Waals surface area contributed by atoms with Gasteiger partial charge in [-0.1, -0.05) is 30.0 Å². The number of carbonyl (C=O) groups is 1. The number of para-hydroxylation sites is 2. The lowest BCUT2D eigenvalue weighted by molar-refractivity contribution is -0.113. The molecular weight excluding hydrogens is 386 g/mol. The molecule has 0 fully saturated rings. The highest BCUT2D eigenvalue weighted by Crippen LogP contribution is 2.26. The number of hydrogen-bond donors (Lipinski definition) is 1. The molecule has 0 spiro atoms. The van der Waals surface area contributed by atoms with E-state index in [0.29, 0.717) is 27.8 Å². The molecule has 27 heavy (non-hydrogen) atoms. The van der Waals surface area contributed by atoms with Crippen LogP contribution in [0.1, 0.15) is 0 Å². The van der Waals surface area contributed by atoms with Crippen molar-refractivity contribution < 1.29 is 9.53 Å². The standard InChI is InChI=1S/C16H13N7O2S2/c1-25-13-8-3-2-7-12(13)23-16(18-21-22-23)26-9-14(24)17-10-5-4-6-11-15(10)20-27-19-11/h2-8H,9H2,1H3,(H,17,24). The van der Waals surface area contributed by atoms with Crippen molar-refractivity contribution in [3.8, 4) is 11.4 Å². The Morgan fingerprint density at radius 2 is 2.11 bits per heavy atom. The number of rotatable bonds is 6. The Balaban J connectivity index is 1.47. The summed E-state index contributed by atoms with van der Waals surface area (Å²) in [4.78, 5) is 12.4. The maximum atomic E-state index is 12.4. The highest BCUT2D eigenvalue weighted by Gasteiger charge is 2.15. The minimum Gasteiger partial charge on any atom is -0.494 e. The number of methoxy groups -OCH3 is 1. The average molecular weight is 399 g/mol. The van der Waals surface area contributed by atoms with E-state index in [1.54, 1.807) is 17.9 Å². The molecule has 0 unspecified atom stereocenters. The maximum absolute atomic E-state index is 12.4. The van der Waals surface area contributed by atoms with Gasteiger partial charge in [0.25, 0.3) is 0 Å². The molecule has 0 saturated heterocycles. The van der Waals surface area contributed by atoms with E-state index in [1.807, 2.05) is 36.4 Å². The number of ether oxygens (including phenoxy) is 1. The lowest BCUT2D eigenvalue weighted by Crippen LogP contribution is -2.15. The van der Waals surface area contributed by atoms with Gasteiger partial charge in [0.15, 0.2) is 0 Å². The Morgan fingerprint density at radius 3 is 3.00 bits per heavy atom. The third-order valence-electron chi connectivity index (χ3n) is 3.65. The fourth-order valence-electron chi connectivity index (χ4n) is 2.45. The van der Waals surface area contributed by atoms with Gasteiger partial charge in [-0.05, 0) is 34.7 Å². The number of carbonyl (C=O) groups excluding carboxylic acids is 1. The van der Waals surface area contributed by atoms with Crippen LogP contribution in [-0.4, -0.2) is 47.7 Å². The smallest absolute Gasteiger partial charge is 0.234 e. The number of hydrogen-bond acceptors (Lipinski definition) is 9. The monoisotopic (exact) mass is 399 g/mol. The van der Waals surface area contributed by atoms with Crippen molar-refractivity contribution in [2.24, 2.45) is 0 Å². The molecule has 9 nitrogen and oxygen atoms in total. The number of amides is 1. The Hall–Kier alpha value is -3.05. The van der Waals surface area contributed by atoms with Crippen molar-refractivity contribution in [2.45, 2.75) is 5.16 Å². The van der Waals surface area contributed by atoms with E-state index in [4.69, 9.17) is 4.74 Å². The largest absolute Gasteiger partial charge is 0.494 e. The molecule has 0 aliphatic carbocycles. The molecule has 0 aliphatic rings. The summed E-state index contributed by atoms with van der Waals surface area (Å²) in [6, 6.07) is 12.9. The van der Waals surface area contributed by atoms with Gasteiger partial charge >= 0.3 is 0 Å². The van der Waals surface area contributed by atoms with E-state index >= 15 is 0 Å². The summed E-state index contributed by atoms with van der Waals surface area (Å²) in [6.07, 6.45) is 0. The molecule has 1 N–H and O–H groups in total. The summed E-state index contributed by atoms with van der Waals surface area (Å²) in [5.41, 5.74) is 2.77. The van der Waals surface area contributed by atoms with Gasteiger partial charge in [0.1, 0.15) is 22.5 Å². The van der Waals surface area contributed by atoms with E-state index in [9.17, 15) is 4.79 Å². The predicted molar refractivity (Wildman–Crippen MR) is 102 cm³/mol. The van der Waals surface area contributed by atoms with Crippen LogP contribution in [0.2, 0.25) is 0 Å². The first-order chi connectivity index (χ1) is 13.3. The first-order valence-corrected chi connectivity index (χ1v) is 9.53. The molecule has 0 radical (unpaired) electrons. The van der Waals surface area contributed by atoms with Crippen LogP contribution in [0.4, 0.5) is 5.69 Å². The minimum atomic E-state index is -0.185. The Labute approximate surface area is 162 Å². The third kappa shape index (κ3) is 3.59. The molecule has 136 valence electrons. The molecule has 2 aromatic carbocycles. The quantitative estimate of drug-likeness (QED) is 0.493. The highest BCUT2D eigenvalue weighted by molar-refractivity contribution is 7.99. The van der Waals surface area contributed by atoms with Gasteiger partial charge in [0.2, 0.25) is 11.1 Å². The maximum Gasteiger partial charge on any atom is 0.234 e. The van der Waals surface area contributed by atoms with Crippen molar-refractivity contribution in [1.29, 1.82) is 0 Å². The summed E-state index contributed by atoms with van der Waals surface area (Å²) >= 11 is 2.34. The first-order valence-electron chi connectivity index (χ1n) is 7.82. The lowest BCUT2D eigenvalue weighted by Gasteiger charge is -2.09.